The second kappa shape index (κ2) is 5.87. The smallest absolute Gasteiger partial charge is 0.0351 e. The van der Waals surface area contributed by atoms with E-state index in [4.69, 9.17) is 0 Å². The van der Waals surface area contributed by atoms with Crippen LogP contribution in [-0.4, -0.2) is 19.6 Å². The first-order valence-corrected chi connectivity index (χ1v) is 7.04. The summed E-state index contributed by atoms with van der Waals surface area (Å²) in [6.07, 6.45) is 2.67. The van der Waals surface area contributed by atoms with Crippen molar-refractivity contribution in [3.05, 3.63) is 27.3 Å². The highest BCUT2D eigenvalue weighted by atomic mass is 127. The van der Waals surface area contributed by atoms with Gasteiger partial charge in [-0.15, -0.1) is 0 Å². The molecule has 0 amide bonds. The molecular weight excluding hydrogens is 311 g/mol. The number of halogens is 1. The summed E-state index contributed by atoms with van der Waals surface area (Å²) >= 11 is 2.39. The van der Waals surface area contributed by atoms with Crippen molar-refractivity contribution in [3.63, 3.8) is 0 Å². The molecule has 0 bridgehead atoms. The molecule has 0 aliphatic carbocycles. The Hall–Kier alpha value is -0.290. The Balaban J connectivity index is 1.86. The minimum atomic E-state index is 0.785. The van der Waals surface area contributed by atoms with Crippen molar-refractivity contribution in [1.82, 2.24) is 5.32 Å². The first-order valence-electron chi connectivity index (χ1n) is 5.96. The molecule has 1 aliphatic heterocycles. The largest absolute Gasteiger partial charge is 0.385 e. The maximum atomic E-state index is 3.54. The molecule has 1 unspecified atom stereocenters. The summed E-state index contributed by atoms with van der Waals surface area (Å²) in [6.45, 7) is 5.59. The van der Waals surface area contributed by atoms with E-state index in [1.54, 1.807) is 0 Å². The Morgan fingerprint density at radius 2 is 2.38 bits per heavy atom. The molecule has 1 saturated heterocycles. The lowest BCUT2D eigenvalue weighted by atomic mass is 10.00. The fourth-order valence-corrected chi connectivity index (χ4v) is 2.58. The molecule has 1 aromatic carbocycles. The van der Waals surface area contributed by atoms with Gasteiger partial charge in [0.2, 0.25) is 0 Å². The van der Waals surface area contributed by atoms with Gasteiger partial charge in [0, 0.05) is 15.8 Å². The zero-order valence-corrected chi connectivity index (χ0v) is 11.9. The van der Waals surface area contributed by atoms with Crippen LogP contribution in [0, 0.1) is 16.4 Å². The van der Waals surface area contributed by atoms with Gasteiger partial charge in [-0.3, -0.25) is 0 Å². The van der Waals surface area contributed by atoms with E-state index < -0.39 is 0 Å². The van der Waals surface area contributed by atoms with E-state index in [0.717, 1.165) is 19.0 Å². The fraction of sp³-hybridized carbons (Fsp3) is 0.538. The molecular formula is C13H19IN2. The third-order valence-electron chi connectivity index (χ3n) is 3.17. The average molecular weight is 330 g/mol. The van der Waals surface area contributed by atoms with Gasteiger partial charge in [-0.1, -0.05) is 6.07 Å². The van der Waals surface area contributed by atoms with E-state index in [1.165, 1.54) is 34.2 Å². The van der Waals surface area contributed by atoms with E-state index in [0.29, 0.717) is 0 Å². The monoisotopic (exact) mass is 330 g/mol. The van der Waals surface area contributed by atoms with Gasteiger partial charge < -0.3 is 10.6 Å². The standard InChI is InChI=1S/C13H19IN2/c1-10-4-5-12(7-13(10)14)16-9-11-3-2-6-15-8-11/h4-5,7,11,15-16H,2-3,6,8-9H2,1H3. The van der Waals surface area contributed by atoms with Gasteiger partial charge in [0.05, 0.1) is 0 Å². The molecule has 2 N–H and O–H groups in total. The van der Waals surface area contributed by atoms with Gasteiger partial charge >= 0.3 is 0 Å². The average Bonchev–Trinajstić information content (AvgIpc) is 2.32. The zero-order valence-electron chi connectivity index (χ0n) is 9.72. The molecule has 3 heteroatoms. The molecule has 1 fully saturated rings. The molecule has 16 heavy (non-hydrogen) atoms. The summed E-state index contributed by atoms with van der Waals surface area (Å²) in [5.74, 6) is 0.785. The van der Waals surface area contributed by atoms with Crippen LogP contribution in [0.25, 0.3) is 0 Å². The van der Waals surface area contributed by atoms with Gasteiger partial charge in [-0.25, -0.2) is 0 Å². The van der Waals surface area contributed by atoms with E-state index >= 15 is 0 Å². The van der Waals surface area contributed by atoms with Crippen molar-refractivity contribution in [2.75, 3.05) is 25.0 Å². The van der Waals surface area contributed by atoms with Crippen LogP contribution >= 0.6 is 22.6 Å². The van der Waals surface area contributed by atoms with E-state index in [-0.39, 0.29) is 0 Å². The van der Waals surface area contributed by atoms with Crippen LogP contribution in [0.5, 0.6) is 0 Å². The van der Waals surface area contributed by atoms with Crippen LogP contribution in [0.15, 0.2) is 18.2 Å². The van der Waals surface area contributed by atoms with Crippen LogP contribution < -0.4 is 10.6 Å². The zero-order chi connectivity index (χ0) is 11.4. The van der Waals surface area contributed by atoms with Gasteiger partial charge in [-0.2, -0.15) is 0 Å². The quantitative estimate of drug-likeness (QED) is 0.833. The van der Waals surface area contributed by atoms with Crippen molar-refractivity contribution in [3.8, 4) is 0 Å². The lowest BCUT2D eigenvalue weighted by Crippen LogP contribution is -2.33. The van der Waals surface area contributed by atoms with Crippen LogP contribution in [0.4, 0.5) is 5.69 Å². The van der Waals surface area contributed by atoms with Crippen molar-refractivity contribution in [1.29, 1.82) is 0 Å². The van der Waals surface area contributed by atoms with E-state index in [2.05, 4.69) is 58.3 Å². The predicted molar refractivity (Wildman–Crippen MR) is 78.0 cm³/mol. The van der Waals surface area contributed by atoms with Crippen LogP contribution in [0.2, 0.25) is 0 Å². The number of rotatable bonds is 3. The Labute approximate surface area is 111 Å². The Kier molecular flexibility index (Phi) is 4.46. The maximum Gasteiger partial charge on any atom is 0.0351 e. The van der Waals surface area contributed by atoms with E-state index in [9.17, 15) is 0 Å². The minimum Gasteiger partial charge on any atom is -0.385 e. The highest BCUT2D eigenvalue weighted by Gasteiger charge is 2.12. The van der Waals surface area contributed by atoms with Crippen molar-refractivity contribution in [2.24, 2.45) is 5.92 Å². The molecule has 2 nitrogen and oxygen atoms in total. The molecule has 2 rings (SSSR count). The Morgan fingerprint density at radius 1 is 1.50 bits per heavy atom. The minimum absolute atomic E-state index is 0.785. The number of benzene rings is 1. The number of anilines is 1. The summed E-state index contributed by atoms with van der Waals surface area (Å²) in [5.41, 5.74) is 2.60. The molecule has 0 aromatic heterocycles. The predicted octanol–water partition coefficient (Wildman–Crippen LogP) is 3.01. The number of nitrogens with one attached hydrogen (secondary N) is 2. The molecule has 1 aromatic rings. The summed E-state index contributed by atoms with van der Waals surface area (Å²) < 4.78 is 1.34. The lowest BCUT2D eigenvalue weighted by Gasteiger charge is -2.23. The molecule has 1 atom stereocenters. The molecule has 0 saturated carbocycles. The van der Waals surface area contributed by atoms with Gasteiger partial charge in [-0.05, 0) is 79.1 Å². The highest BCUT2D eigenvalue weighted by Crippen LogP contribution is 2.18. The summed E-state index contributed by atoms with van der Waals surface area (Å²) in [5, 5.41) is 6.99. The second-order valence-corrected chi connectivity index (χ2v) is 5.72. The van der Waals surface area contributed by atoms with Crippen molar-refractivity contribution in [2.45, 2.75) is 19.8 Å². The van der Waals surface area contributed by atoms with Crippen LogP contribution in [-0.2, 0) is 0 Å². The molecule has 1 heterocycles. The maximum absolute atomic E-state index is 3.54. The van der Waals surface area contributed by atoms with Crippen molar-refractivity contribution < 1.29 is 0 Å². The third-order valence-corrected chi connectivity index (χ3v) is 4.33. The van der Waals surface area contributed by atoms with Crippen LogP contribution in [0.3, 0.4) is 0 Å². The number of piperidine rings is 1. The van der Waals surface area contributed by atoms with Crippen molar-refractivity contribution >= 4 is 28.3 Å². The number of hydrogen-bond acceptors (Lipinski definition) is 2. The molecule has 0 radical (unpaired) electrons. The Morgan fingerprint density at radius 3 is 3.06 bits per heavy atom. The topological polar surface area (TPSA) is 24.1 Å². The summed E-state index contributed by atoms with van der Waals surface area (Å²) in [6, 6.07) is 6.59. The number of aryl methyl sites for hydroxylation is 1. The van der Waals surface area contributed by atoms with Crippen LogP contribution in [0.1, 0.15) is 18.4 Å². The normalized spacial score (nSPS) is 20.8. The first-order chi connectivity index (χ1) is 7.75. The van der Waals surface area contributed by atoms with Gasteiger partial charge in [0.25, 0.3) is 0 Å². The first kappa shape index (κ1) is 12.2. The molecule has 1 aliphatic rings. The number of hydrogen-bond donors (Lipinski definition) is 2. The third kappa shape index (κ3) is 3.35. The SMILES string of the molecule is Cc1ccc(NCC2CCCNC2)cc1I. The summed E-state index contributed by atoms with van der Waals surface area (Å²) in [7, 11) is 0. The van der Waals surface area contributed by atoms with E-state index in [1.807, 2.05) is 0 Å². The molecule has 88 valence electrons. The Bertz CT molecular complexity index is 346. The highest BCUT2D eigenvalue weighted by molar-refractivity contribution is 14.1. The molecule has 0 spiro atoms. The summed E-state index contributed by atoms with van der Waals surface area (Å²) in [4.78, 5) is 0. The fourth-order valence-electron chi connectivity index (χ4n) is 2.06. The van der Waals surface area contributed by atoms with Gasteiger partial charge in [0.1, 0.15) is 0 Å². The second-order valence-electron chi connectivity index (χ2n) is 4.56. The van der Waals surface area contributed by atoms with Gasteiger partial charge in [0.15, 0.2) is 0 Å². The lowest BCUT2D eigenvalue weighted by molar-refractivity contribution is 0.393.